The molecule has 3 aromatic rings. The number of aromatic nitrogens is 3. The maximum absolute atomic E-state index is 13.9. The van der Waals surface area contributed by atoms with Crippen molar-refractivity contribution in [2.24, 2.45) is 0 Å². The van der Waals surface area contributed by atoms with Crippen LogP contribution in [0.2, 0.25) is 5.15 Å². The van der Waals surface area contributed by atoms with Gasteiger partial charge in [-0.25, -0.2) is 14.4 Å². The molecule has 0 spiro atoms. The van der Waals surface area contributed by atoms with Gasteiger partial charge >= 0.3 is 0 Å². The van der Waals surface area contributed by atoms with Gasteiger partial charge in [0.25, 0.3) is 5.91 Å². The van der Waals surface area contributed by atoms with E-state index in [4.69, 9.17) is 11.6 Å². The zero-order valence-electron chi connectivity index (χ0n) is 16.1. The van der Waals surface area contributed by atoms with Crippen molar-refractivity contribution >= 4 is 35.0 Å². The highest BCUT2D eigenvalue weighted by Gasteiger charge is 2.23. The van der Waals surface area contributed by atoms with Gasteiger partial charge in [-0.1, -0.05) is 23.7 Å². The number of nitrogens with zero attached hydrogens (tertiary/aromatic N) is 4. The van der Waals surface area contributed by atoms with Crippen molar-refractivity contribution in [2.45, 2.75) is 18.9 Å². The van der Waals surface area contributed by atoms with E-state index in [0.29, 0.717) is 41.3 Å². The van der Waals surface area contributed by atoms with Gasteiger partial charge in [0.15, 0.2) is 0 Å². The molecule has 4 rings (SSSR count). The van der Waals surface area contributed by atoms with Crippen molar-refractivity contribution < 1.29 is 9.18 Å². The normalized spacial score (nSPS) is 14.4. The molecule has 0 radical (unpaired) electrons. The van der Waals surface area contributed by atoms with Gasteiger partial charge in [0, 0.05) is 31.5 Å². The van der Waals surface area contributed by atoms with Crippen LogP contribution in [0.25, 0.3) is 0 Å². The summed E-state index contributed by atoms with van der Waals surface area (Å²) in [5, 5.41) is 6.37. The topological polar surface area (TPSA) is 83.0 Å². The number of rotatable bonds is 5. The number of carbonyl (C=O) groups excluding carboxylic acids is 1. The molecule has 0 atom stereocenters. The van der Waals surface area contributed by atoms with E-state index in [9.17, 15) is 9.18 Å². The number of nitrogens with one attached hydrogen (secondary N) is 2. The van der Waals surface area contributed by atoms with E-state index in [1.54, 1.807) is 42.6 Å². The first-order valence-corrected chi connectivity index (χ1v) is 9.98. The van der Waals surface area contributed by atoms with E-state index in [1.807, 2.05) is 0 Å². The van der Waals surface area contributed by atoms with Gasteiger partial charge < -0.3 is 15.5 Å². The number of amides is 1. The molecule has 3 heterocycles. The highest BCUT2D eigenvalue weighted by molar-refractivity contribution is 6.29. The van der Waals surface area contributed by atoms with Gasteiger partial charge in [-0.3, -0.25) is 4.79 Å². The van der Waals surface area contributed by atoms with Crippen molar-refractivity contribution in [1.29, 1.82) is 0 Å². The Hall–Kier alpha value is -3.26. The molecule has 1 aliphatic heterocycles. The van der Waals surface area contributed by atoms with E-state index < -0.39 is 0 Å². The predicted molar refractivity (Wildman–Crippen MR) is 114 cm³/mol. The first kappa shape index (κ1) is 20.0. The fraction of sp³-hybridized carbons (Fsp3) is 0.238. The van der Waals surface area contributed by atoms with Crippen LogP contribution in [0.1, 0.15) is 23.2 Å². The summed E-state index contributed by atoms with van der Waals surface area (Å²) in [5.74, 6) is 0.592. The summed E-state index contributed by atoms with van der Waals surface area (Å²) >= 11 is 5.76. The van der Waals surface area contributed by atoms with Crippen molar-refractivity contribution in [2.75, 3.05) is 23.3 Å². The van der Waals surface area contributed by atoms with Gasteiger partial charge in [0.05, 0.1) is 11.3 Å². The fourth-order valence-corrected chi connectivity index (χ4v) is 3.39. The third kappa shape index (κ3) is 4.83. The van der Waals surface area contributed by atoms with E-state index >= 15 is 0 Å². The summed E-state index contributed by atoms with van der Waals surface area (Å²) in [5.41, 5.74) is 0.845. The average molecular weight is 427 g/mol. The Labute approximate surface area is 178 Å². The Morgan fingerprint density at radius 2 is 1.90 bits per heavy atom. The van der Waals surface area contributed by atoms with Crippen LogP contribution in [0.15, 0.2) is 54.9 Å². The maximum Gasteiger partial charge on any atom is 0.253 e. The molecule has 1 amide bonds. The molecule has 9 heteroatoms. The molecule has 7 nitrogen and oxygen atoms in total. The summed E-state index contributed by atoms with van der Waals surface area (Å²) in [6, 6.07) is 11.4. The standard InChI is InChI=1S/C21H20ClFN6O/c22-18-6-5-14(13-25-18)20(30)26-15-8-11-29(12-9-15)21-24-10-7-19(28-21)27-17-4-2-1-3-16(17)23/h1-7,10,13,15H,8-9,11-12H2,(H,26,30)(H,24,27,28). The molecular weight excluding hydrogens is 407 g/mol. The van der Waals surface area contributed by atoms with Gasteiger partial charge in [0.1, 0.15) is 16.8 Å². The minimum Gasteiger partial charge on any atom is -0.349 e. The Morgan fingerprint density at radius 3 is 2.63 bits per heavy atom. The summed E-state index contributed by atoms with van der Waals surface area (Å²) in [4.78, 5) is 27.2. The second-order valence-corrected chi connectivity index (χ2v) is 7.34. The molecule has 1 aliphatic rings. The monoisotopic (exact) mass is 426 g/mol. The molecule has 2 aromatic heterocycles. The maximum atomic E-state index is 13.9. The van der Waals surface area contributed by atoms with Crippen molar-refractivity contribution in [1.82, 2.24) is 20.3 Å². The Morgan fingerprint density at radius 1 is 1.10 bits per heavy atom. The summed E-state index contributed by atoms with van der Waals surface area (Å²) in [7, 11) is 0. The van der Waals surface area contributed by atoms with Crippen LogP contribution in [0.3, 0.4) is 0 Å². The smallest absolute Gasteiger partial charge is 0.253 e. The average Bonchev–Trinajstić information content (AvgIpc) is 2.76. The lowest BCUT2D eigenvalue weighted by Gasteiger charge is -2.32. The quantitative estimate of drug-likeness (QED) is 0.604. The third-order valence-electron chi connectivity index (χ3n) is 4.88. The number of halogens is 2. The van der Waals surface area contributed by atoms with Gasteiger partial charge in [0.2, 0.25) is 5.95 Å². The lowest BCUT2D eigenvalue weighted by molar-refractivity contribution is 0.0930. The van der Waals surface area contributed by atoms with Crippen LogP contribution in [-0.2, 0) is 0 Å². The molecule has 1 saturated heterocycles. The Balaban J connectivity index is 1.34. The number of benzene rings is 1. The minimum absolute atomic E-state index is 0.0594. The Kier molecular flexibility index (Phi) is 6.04. The van der Waals surface area contributed by atoms with Crippen LogP contribution >= 0.6 is 11.6 Å². The van der Waals surface area contributed by atoms with Crippen LogP contribution in [0.5, 0.6) is 0 Å². The van der Waals surface area contributed by atoms with Crippen LogP contribution in [0.4, 0.5) is 21.8 Å². The number of hydrogen-bond donors (Lipinski definition) is 2. The van der Waals surface area contributed by atoms with Gasteiger partial charge in [-0.15, -0.1) is 0 Å². The Bertz CT molecular complexity index is 1020. The lowest BCUT2D eigenvalue weighted by Crippen LogP contribution is -2.45. The first-order valence-electron chi connectivity index (χ1n) is 9.60. The van der Waals surface area contributed by atoms with E-state index in [0.717, 1.165) is 12.8 Å². The molecule has 0 saturated carbocycles. The van der Waals surface area contributed by atoms with Crippen LogP contribution in [0, 0.1) is 5.82 Å². The van der Waals surface area contributed by atoms with E-state index in [-0.39, 0.29) is 17.8 Å². The number of pyridine rings is 1. The number of anilines is 3. The summed E-state index contributed by atoms with van der Waals surface area (Å²) in [6.45, 7) is 1.40. The molecule has 1 fully saturated rings. The van der Waals surface area contributed by atoms with E-state index in [2.05, 4.69) is 30.5 Å². The number of piperidine rings is 1. The second-order valence-electron chi connectivity index (χ2n) is 6.95. The first-order chi connectivity index (χ1) is 14.6. The molecule has 1 aromatic carbocycles. The number of carbonyl (C=O) groups is 1. The van der Waals surface area contributed by atoms with Crippen LogP contribution in [-0.4, -0.2) is 40.0 Å². The molecule has 0 aliphatic carbocycles. The van der Waals surface area contributed by atoms with Gasteiger partial charge in [-0.05, 0) is 43.2 Å². The fourth-order valence-electron chi connectivity index (χ4n) is 3.27. The zero-order chi connectivity index (χ0) is 20.9. The number of para-hydroxylation sites is 1. The highest BCUT2D eigenvalue weighted by atomic mass is 35.5. The zero-order valence-corrected chi connectivity index (χ0v) is 16.8. The summed E-state index contributed by atoms with van der Waals surface area (Å²) in [6.07, 6.45) is 4.64. The summed E-state index contributed by atoms with van der Waals surface area (Å²) < 4.78 is 13.9. The van der Waals surface area contributed by atoms with Gasteiger partial charge in [-0.2, -0.15) is 4.98 Å². The van der Waals surface area contributed by atoms with E-state index in [1.165, 1.54) is 12.3 Å². The minimum atomic E-state index is -0.342. The number of hydrogen-bond acceptors (Lipinski definition) is 6. The molecule has 0 unspecified atom stereocenters. The highest BCUT2D eigenvalue weighted by Crippen LogP contribution is 2.21. The van der Waals surface area contributed by atoms with Crippen LogP contribution < -0.4 is 15.5 Å². The van der Waals surface area contributed by atoms with Crippen molar-refractivity contribution in [3.05, 3.63) is 71.4 Å². The molecule has 30 heavy (non-hydrogen) atoms. The van der Waals surface area contributed by atoms with Crippen molar-refractivity contribution in [3.63, 3.8) is 0 Å². The molecular formula is C21H20ClFN6O. The second kappa shape index (κ2) is 9.04. The van der Waals surface area contributed by atoms with Crippen molar-refractivity contribution in [3.8, 4) is 0 Å². The lowest BCUT2D eigenvalue weighted by atomic mass is 10.0. The molecule has 0 bridgehead atoms. The SMILES string of the molecule is O=C(NC1CCN(c2nccc(Nc3ccccc3F)n2)CC1)c1ccc(Cl)nc1. The largest absolute Gasteiger partial charge is 0.349 e. The molecule has 154 valence electrons. The third-order valence-corrected chi connectivity index (χ3v) is 5.11. The predicted octanol–water partition coefficient (Wildman–Crippen LogP) is 3.81. The molecule has 2 N–H and O–H groups in total.